The number of aromatic nitrogens is 2. The summed E-state index contributed by atoms with van der Waals surface area (Å²) >= 11 is 0. The Morgan fingerprint density at radius 3 is 2.72 bits per heavy atom. The number of fused-ring (bicyclic) bond motifs is 1. The van der Waals surface area contributed by atoms with Crippen LogP contribution in [-0.4, -0.2) is 41.1 Å². The lowest BCUT2D eigenvalue weighted by Gasteiger charge is -2.21. The Hall–Kier alpha value is -2.99. The summed E-state index contributed by atoms with van der Waals surface area (Å²) in [5, 5.41) is 9.73. The highest BCUT2D eigenvalue weighted by molar-refractivity contribution is 5.91. The zero-order valence-corrected chi connectivity index (χ0v) is 17.0. The summed E-state index contributed by atoms with van der Waals surface area (Å²) in [7, 11) is 1.99. The van der Waals surface area contributed by atoms with E-state index in [2.05, 4.69) is 9.97 Å². The first-order valence-corrected chi connectivity index (χ1v) is 9.91. The largest absolute Gasteiger partial charge is 0.494 e. The molecule has 6 heteroatoms. The predicted molar refractivity (Wildman–Crippen MR) is 115 cm³/mol. The maximum absolute atomic E-state index is 11.1. The molecule has 0 atom stereocenters. The number of aliphatic hydroxyl groups is 1. The number of hydrogen-bond donors (Lipinski definition) is 1. The monoisotopic (exact) mass is 393 g/mol. The van der Waals surface area contributed by atoms with Crippen LogP contribution in [0.3, 0.4) is 0 Å². The van der Waals surface area contributed by atoms with Crippen molar-refractivity contribution in [1.82, 2.24) is 9.97 Å². The number of Topliss-reactive ketones (excluding diaryl/α,β-unsaturated/α-hetero) is 1. The minimum Gasteiger partial charge on any atom is -0.494 e. The number of unbranched alkanes of at least 4 members (excludes halogenated alkanes) is 2. The average molecular weight is 393 g/mol. The third kappa shape index (κ3) is 5.51. The third-order valence-electron chi connectivity index (χ3n) is 4.76. The van der Waals surface area contributed by atoms with Gasteiger partial charge < -0.3 is 14.7 Å². The summed E-state index contributed by atoms with van der Waals surface area (Å²) in [6.07, 6.45) is 2.99. The number of aliphatic hydroxyl groups excluding tert-OH is 1. The number of para-hydroxylation sites is 1. The second-order valence-corrected chi connectivity index (χ2v) is 7.02. The van der Waals surface area contributed by atoms with Gasteiger partial charge in [0, 0.05) is 30.6 Å². The number of aryl methyl sites for hydroxylation is 1. The molecule has 6 nitrogen and oxygen atoms in total. The van der Waals surface area contributed by atoms with E-state index in [1.54, 1.807) is 0 Å². The zero-order chi connectivity index (χ0) is 20.6. The molecule has 152 valence electrons. The van der Waals surface area contributed by atoms with Gasteiger partial charge in [0.05, 0.1) is 12.1 Å². The lowest BCUT2D eigenvalue weighted by Crippen LogP contribution is -2.13. The van der Waals surface area contributed by atoms with Crippen molar-refractivity contribution < 1.29 is 14.6 Å². The molecule has 1 N–H and O–H groups in total. The third-order valence-corrected chi connectivity index (χ3v) is 4.76. The minimum absolute atomic E-state index is 0.103. The summed E-state index contributed by atoms with van der Waals surface area (Å²) < 4.78 is 5.88. The molecule has 0 spiro atoms. The van der Waals surface area contributed by atoms with Crippen LogP contribution in [0.25, 0.3) is 10.9 Å². The maximum atomic E-state index is 11.1. The smallest absolute Gasteiger partial charge is 0.158 e. The number of carbonyl (C=O) groups excluding carboxylic acids is 1. The van der Waals surface area contributed by atoms with Gasteiger partial charge >= 0.3 is 0 Å². The SMILES string of the molecule is Cc1nc(N(C)c2cccc(OCCCCCC(=O)CO)c2)c2ccccc2n1. The predicted octanol–water partition coefficient (Wildman–Crippen LogP) is 4.21. The molecule has 0 saturated carbocycles. The van der Waals surface area contributed by atoms with Crippen LogP contribution in [0.4, 0.5) is 11.5 Å². The summed E-state index contributed by atoms with van der Waals surface area (Å²) in [4.78, 5) is 22.3. The van der Waals surface area contributed by atoms with E-state index in [0.29, 0.717) is 13.0 Å². The van der Waals surface area contributed by atoms with Crippen LogP contribution in [0, 0.1) is 6.92 Å². The van der Waals surface area contributed by atoms with Crippen molar-refractivity contribution in [2.24, 2.45) is 0 Å². The van der Waals surface area contributed by atoms with Crippen LogP contribution in [0.2, 0.25) is 0 Å². The summed E-state index contributed by atoms with van der Waals surface area (Å²) in [6, 6.07) is 15.9. The van der Waals surface area contributed by atoms with Crippen molar-refractivity contribution in [3.8, 4) is 5.75 Å². The van der Waals surface area contributed by atoms with Crippen LogP contribution in [0.15, 0.2) is 48.5 Å². The molecule has 1 aromatic heterocycles. The Balaban J connectivity index is 1.64. The Morgan fingerprint density at radius 2 is 1.90 bits per heavy atom. The molecule has 0 fully saturated rings. The first-order chi connectivity index (χ1) is 14.1. The summed E-state index contributed by atoms with van der Waals surface area (Å²) in [6.45, 7) is 2.13. The number of ketones is 1. The number of nitrogens with zero attached hydrogens (tertiary/aromatic N) is 3. The van der Waals surface area contributed by atoms with Gasteiger partial charge in [-0.05, 0) is 50.5 Å². The van der Waals surface area contributed by atoms with Gasteiger partial charge in [0.25, 0.3) is 0 Å². The molecule has 0 bridgehead atoms. The molecule has 3 aromatic rings. The summed E-state index contributed by atoms with van der Waals surface area (Å²) in [5.41, 5.74) is 1.91. The average Bonchev–Trinajstić information content (AvgIpc) is 2.75. The molecular formula is C23H27N3O3. The van der Waals surface area contributed by atoms with Gasteiger partial charge in [-0.3, -0.25) is 4.79 Å². The van der Waals surface area contributed by atoms with E-state index in [0.717, 1.165) is 53.2 Å². The van der Waals surface area contributed by atoms with Gasteiger partial charge in [-0.1, -0.05) is 18.2 Å². The molecule has 29 heavy (non-hydrogen) atoms. The lowest BCUT2D eigenvalue weighted by molar-refractivity contribution is -0.121. The van der Waals surface area contributed by atoms with Gasteiger partial charge in [-0.25, -0.2) is 9.97 Å². The van der Waals surface area contributed by atoms with Crippen LogP contribution in [0.1, 0.15) is 31.5 Å². The van der Waals surface area contributed by atoms with Crippen molar-refractivity contribution in [2.45, 2.75) is 32.6 Å². The van der Waals surface area contributed by atoms with Crippen molar-refractivity contribution in [2.75, 3.05) is 25.2 Å². The number of rotatable bonds is 10. The number of ether oxygens (including phenoxy) is 1. The zero-order valence-electron chi connectivity index (χ0n) is 17.0. The van der Waals surface area contributed by atoms with Gasteiger partial charge in [0.1, 0.15) is 24.0 Å². The Kier molecular flexibility index (Phi) is 7.14. The molecule has 3 rings (SSSR count). The van der Waals surface area contributed by atoms with E-state index in [1.807, 2.05) is 67.4 Å². The number of carbonyl (C=O) groups is 1. The fourth-order valence-corrected chi connectivity index (χ4v) is 3.20. The molecule has 0 radical (unpaired) electrons. The van der Waals surface area contributed by atoms with Crippen molar-refractivity contribution in [1.29, 1.82) is 0 Å². The molecule has 2 aromatic carbocycles. The Labute approximate surface area is 171 Å². The van der Waals surface area contributed by atoms with E-state index in [1.165, 1.54) is 0 Å². The van der Waals surface area contributed by atoms with Crippen molar-refractivity contribution in [3.05, 3.63) is 54.4 Å². The van der Waals surface area contributed by atoms with Gasteiger partial charge in [-0.15, -0.1) is 0 Å². The molecule has 0 amide bonds. The van der Waals surface area contributed by atoms with E-state index < -0.39 is 0 Å². The molecular weight excluding hydrogens is 366 g/mol. The van der Waals surface area contributed by atoms with Gasteiger partial charge in [-0.2, -0.15) is 0 Å². The Bertz CT molecular complexity index is 974. The molecule has 0 unspecified atom stereocenters. The first kappa shape index (κ1) is 20.7. The molecule has 0 aliphatic rings. The topological polar surface area (TPSA) is 75.6 Å². The van der Waals surface area contributed by atoms with E-state index in [-0.39, 0.29) is 12.4 Å². The highest BCUT2D eigenvalue weighted by Gasteiger charge is 2.12. The first-order valence-electron chi connectivity index (χ1n) is 9.91. The second kappa shape index (κ2) is 9.98. The normalized spacial score (nSPS) is 10.9. The van der Waals surface area contributed by atoms with Crippen LogP contribution >= 0.6 is 0 Å². The van der Waals surface area contributed by atoms with Gasteiger partial charge in [0.2, 0.25) is 0 Å². The van der Waals surface area contributed by atoms with Gasteiger partial charge in [0.15, 0.2) is 5.78 Å². The number of anilines is 2. The molecule has 0 saturated heterocycles. The molecule has 0 aliphatic carbocycles. The summed E-state index contributed by atoms with van der Waals surface area (Å²) in [5.74, 6) is 2.29. The number of benzene rings is 2. The molecule has 0 aliphatic heterocycles. The number of hydrogen-bond acceptors (Lipinski definition) is 6. The highest BCUT2D eigenvalue weighted by Crippen LogP contribution is 2.30. The highest BCUT2D eigenvalue weighted by atomic mass is 16.5. The van der Waals surface area contributed by atoms with Crippen molar-refractivity contribution in [3.63, 3.8) is 0 Å². The van der Waals surface area contributed by atoms with Crippen LogP contribution < -0.4 is 9.64 Å². The second-order valence-electron chi connectivity index (χ2n) is 7.02. The molecule has 1 heterocycles. The fourth-order valence-electron chi connectivity index (χ4n) is 3.20. The van der Waals surface area contributed by atoms with Crippen LogP contribution in [0.5, 0.6) is 5.75 Å². The van der Waals surface area contributed by atoms with Crippen LogP contribution in [-0.2, 0) is 4.79 Å². The van der Waals surface area contributed by atoms with E-state index >= 15 is 0 Å². The Morgan fingerprint density at radius 1 is 1.07 bits per heavy atom. The van der Waals surface area contributed by atoms with E-state index in [4.69, 9.17) is 9.84 Å². The lowest BCUT2D eigenvalue weighted by atomic mass is 10.1. The fraction of sp³-hybridized carbons (Fsp3) is 0.348. The maximum Gasteiger partial charge on any atom is 0.158 e. The standard InChI is InChI=1S/C23H27N3O3/c1-17-24-22-13-6-5-12-21(22)23(25-17)26(2)18-9-8-11-20(15-18)29-14-7-3-4-10-19(28)16-27/h5-6,8-9,11-13,15,27H,3-4,7,10,14,16H2,1-2H3. The van der Waals surface area contributed by atoms with Crippen molar-refractivity contribution >= 4 is 28.2 Å². The minimum atomic E-state index is -0.363. The quantitative estimate of drug-likeness (QED) is 0.520. The van der Waals surface area contributed by atoms with E-state index in [9.17, 15) is 4.79 Å².